The highest BCUT2D eigenvalue weighted by atomic mass is 16.2. The minimum absolute atomic E-state index is 0.184. The predicted octanol–water partition coefficient (Wildman–Crippen LogP) is 3.77. The minimum atomic E-state index is -0.184. The topological polar surface area (TPSA) is 41.5 Å². The molecule has 2 aromatic rings. The van der Waals surface area contributed by atoms with Crippen LogP contribution in [0.4, 0.5) is 0 Å². The summed E-state index contributed by atoms with van der Waals surface area (Å²) < 4.78 is 0. The van der Waals surface area contributed by atoms with E-state index in [4.69, 9.17) is 0 Å². The van der Waals surface area contributed by atoms with Gasteiger partial charge in [-0.25, -0.2) is 5.43 Å². The molecule has 3 heteroatoms. The van der Waals surface area contributed by atoms with Gasteiger partial charge in [0.1, 0.15) is 0 Å². The SMILES string of the molecule is CC(=NNC(=O)c1ccccc1C)c1ccc(C)c(C)c1. The highest BCUT2D eigenvalue weighted by Gasteiger charge is 2.07. The summed E-state index contributed by atoms with van der Waals surface area (Å²) in [6.07, 6.45) is 0. The minimum Gasteiger partial charge on any atom is -0.267 e. The Morgan fingerprint density at radius 3 is 2.33 bits per heavy atom. The molecular formula is C18H20N2O. The zero-order valence-electron chi connectivity index (χ0n) is 12.9. The van der Waals surface area contributed by atoms with E-state index in [1.54, 1.807) is 6.07 Å². The number of benzene rings is 2. The van der Waals surface area contributed by atoms with Crippen LogP contribution in [0.1, 0.15) is 39.5 Å². The molecule has 108 valence electrons. The van der Waals surface area contributed by atoms with Crippen molar-refractivity contribution in [3.63, 3.8) is 0 Å². The molecule has 0 aliphatic carbocycles. The molecule has 1 amide bonds. The predicted molar refractivity (Wildman–Crippen MR) is 86.8 cm³/mol. The van der Waals surface area contributed by atoms with Gasteiger partial charge in [0.15, 0.2) is 0 Å². The lowest BCUT2D eigenvalue weighted by Crippen LogP contribution is -2.20. The van der Waals surface area contributed by atoms with Gasteiger partial charge >= 0.3 is 0 Å². The number of hydrazone groups is 1. The largest absolute Gasteiger partial charge is 0.271 e. The molecule has 1 N–H and O–H groups in total. The summed E-state index contributed by atoms with van der Waals surface area (Å²) in [7, 11) is 0. The normalized spacial score (nSPS) is 11.3. The molecule has 2 aromatic carbocycles. The Labute approximate surface area is 125 Å². The van der Waals surface area contributed by atoms with E-state index in [0.29, 0.717) is 5.56 Å². The van der Waals surface area contributed by atoms with Crippen LogP contribution < -0.4 is 5.43 Å². The van der Waals surface area contributed by atoms with Gasteiger partial charge in [0.2, 0.25) is 0 Å². The van der Waals surface area contributed by atoms with E-state index in [1.165, 1.54) is 11.1 Å². The molecule has 0 atom stereocenters. The van der Waals surface area contributed by atoms with Gasteiger partial charge in [-0.3, -0.25) is 4.79 Å². The second kappa shape index (κ2) is 6.35. The van der Waals surface area contributed by atoms with Gasteiger partial charge in [0, 0.05) is 5.56 Å². The molecule has 0 aliphatic rings. The van der Waals surface area contributed by atoms with Crippen molar-refractivity contribution >= 4 is 11.6 Å². The maximum Gasteiger partial charge on any atom is 0.271 e. The van der Waals surface area contributed by atoms with E-state index in [9.17, 15) is 4.79 Å². The van der Waals surface area contributed by atoms with E-state index in [2.05, 4.69) is 36.5 Å². The Bertz CT molecular complexity index is 702. The highest BCUT2D eigenvalue weighted by Crippen LogP contribution is 2.11. The van der Waals surface area contributed by atoms with Crippen LogP contribution in [0.15, 0.2) is 47.6 Å². The first-order chi connectivity index (χ1) is 9.99. The number of amides is 1. The second-order valence-corrected chi connectivity index (χ2v) is 5.25. The van der Waals surface area contributed by atoms with Crippen LogP contribution in [0.3, 0.4) is 0 Å². The number of carbonyl (C=O) groups is 1. The third kappa shape index (κ3) is 3.57. The smallest absolute Gasteiger partial charge is 0.267 e. The average molecular weight is 280 g/mol. The molecule has 0 bridgehead atoms. The summed E-state index contributed by atoms with van der Waals surface area (Å²) in [4.78, 5) is 12.1. The maximum atomic E-state index is 12.1. The second-order valence-electron chi connectivity index (χ2n) is 5.25. The van der Waals surface area contributed by atoms with Gasteiger partial charge in [-0.15, -0.1) is 0 Å². The summed E-state index contributed by atoms with van der Waals surface area (Å²) in [5.74, 6) is -0.184. The molecule has 0 heterocycles. The summed E-state index contributed by atoms with van der Waals surface area (Å²) in [6, 6.07) is 13.6. The monoisotopic (exact) mass is 280 g/mol. The molecule has 3 nitrogen and oxygen atoms in total. The fourth-order valence-corrected chi connectivity index (χ4v) is 2.05. The first kappa shape index (κ1) is 15.0. The van der Waals surface area contributed by atoms with Crippen molar-refractivity contribution in [2.24, 2.45) is 5.10 Å². The number of carbonyl (C=O) groups excluding carboxylic acids is 1. The molecule has 0 spiro atoms. The third-order valence-corrected chi connectivity index (χ3v) is 3.64. The Morgan fingerprint density at radius 1 is 0.952 bits per heavy atom. The highest BCUT2D eigenvalue weighted by molar-refractivity contribution is 6.01. The van der Waals surface area contributed by atoms with Crippen LogP contribution in [0.2, 0.25) is 0 Å². The molecule has 21 heavy (non-hydrogen) atoms. The third-order valence-electron chi connectivity index (χ3n) is 3.64. The van der Waals surface area contributed by atoms with Crippen LogP contribution >= 0.6 is 0 Å². The fourth-order valence-electron chi connectivity index (χ4n) is 2.05. The van der Waals surface area contributed by atoms with E-state index in [1.807, 2.05) is 38.1 Å². The van der Waals surface area contributed by atoms with E-state index >= 15 is 0 Å². The lowest BCUT2D eigenvalue weighted by atomic mass is 10.0. The van der Waals surface area contributed by atoms with Crippen molar-refractivity contribution in [1.29, 1.82) is 0 Å². The molecule has 0 saturated heterocycles. The lowest BCUT2D eigenvalue weighted by molar-refractivity contribution is 0.0954. The quantitative estimate of drug-likeness (QED) is 0.675. The molecule has 2 rings (SSSR count). The maximum absolute atomic E-state index is 12.1. The van der Waals surface area contributed by atoms with Crippen LogP contribution in [0, 0.1) is 20.8 Å². The molecule has 0 aromatic heterocycles. The zero-order valence-corrected chi connectivity index (χ0v) is 12.9. The molecule has 0 fully saturated rings. The van der Waals surface area contributed by atoms with E-state index in [0.717, 1.165) is 16.8 Å². The van der Waals surface area contributed by atoms with Crippen LogP contribution in [-0.2, 0) is 0 Å². The van der Waals surface area contributed by atoms with Crippen molar-refractivity contribution in [1.82, 2.24) is 5.43 Å². The van der Waals surface area contributed by atoms with Gasteiger partial charge in [0.25, 0.3) is 5.91 Å². The zero-order chi connectivity index (χ0) is 15.4. The van der Waals surface area contributed by atoms with Gasteiger partial charge in [-0.1, -0.05) is 30.3 Å². The van der Waals surface area contributed by atoms with Crippen molar-refractivity contribution in [3.8, 4) is 0 Å². The Hall–Kier alpha value is -2.42. The van der Waals surface area contributed by atoms with Crippen LogP contribution in [0.5, 0.6) is 0 Å². The van der Waals surface area contributed by atoms with Gasteiger partial charge < -0.3 is 0 Å². The van der Waals surface area contributed by atoms with Crippen LogP contribution in [-0.4, -0.2) is 11.6 Å². The number of aryl methyl sites for hydroxylation is 3. The Kier molecular flexibility index (Phi) is 4.53. The van der Waals surface area contributed by atoms with Gasteiger partial charge in [-0.2, -0.15) is 5.10 Å². The van der Waals surface area contributed by atoms with Gasteiger partial charge in [0.05, 0.1) is 5.71 Å². The van der Waals surface area contributed by atoms with Crippen LogP contribution in [0.25, 0.3) is 0 Å². The molecular weight excluding hydrogens is 260 g/mol. The summed E-state index contributed by atoms with van der Waals surface area (Å²) in [5, 5.41) is 4.20. The first-order valence-corrected chi connectivity index (χ1v) is 6.97. The first-order valence-electron chi connectivity index (χ1n) is 6.97. The molecule has 0 radical (unpaired) electrons. The van der Waals surface area contributed by atoms with E-state index < -0.39 is 0 Å². The number of hydrogen-bond acceptors (Lipinski definition) is 2. The van der Waals surface area contributed by atoms with Crippen molar-refractivity contribution < 1.29 is 4.79 Å². The van der Waals surface area contributed by atoms with Crippen molar-refractivity contribution in [2.45, 2.75) is 27.7 Å². The summed E-state index contributed by atoms with van der Waals surface area (Å²) in [5.41, 5.74) is 8.48. The number of hydrogen-bond donors (Lipinski definition) is 1. The van der Waals surface area contributed by atoms with Gasteiger partial charge in [-0.05, 0) is 62.1 Å². The van der Waals surface area contributed by atoms with Crippen molar-refractivity contribution in [3.05, 3.63) is 70.3 Å². The van der Waals surface area contributed by atoms with E-state index in [-0.39, 0.29) is 5.91 Å². The fraction of sp³-hybridized carbons (Fsp3) is 0.222. The summed E-state index contributed by atoms with van der Waals surface area (Å²) in [6.45, 7) is 7.95. The standard InChI is InChI=1S/C18H20N2O/c1-12-9-10-16(11-14(12)3)15(4)19-20-18(21)17-8-6-5-7-13(17)2/h5-11H,1-4H3,(H,20,21). The molecule has 0 unspecified atom stereocenters. The number of nitrogens with one attached hydrogen (secondary N) is 1. The lowest BCUT2D eigenvalue weighted by Gasteiger charge is -2.07. The number of rotatable bonds is 3. The molecule has 0 saturated carbocycles. The molecule has 0 aliphatic heterocycles. The number of nitrogens with zero attached hydrogens (tertiary/aromatic N) is 1. The van der Waals surface area contributed by atoms with Crippen molar-refractivity contribution in [2.75, 3.05) is 0 Å². The Balaban J connectivity index is 2.15. The summed E-state index contributed by atoms with van der Waals surface area (Å²) >= 11 is 0. The average Bonchev–Trinajstić information content (AvgIpc) is 2.47. The Morgan fingerprint density at radius 2 is 1.67 bits per heavy atom.